The van der Waals surface area contributed by atoms with Crippen LogP contribution in [0.4, 0.5) is 5.82 Å². The number of hydrogen-bond donors (Lipinski definition) is 3. The van der Waals surface area contributed by atoms with Gasteiger partial charge in [0, 0.05) is 10.3 Å². The highest BCUT2D eigenvalue weighted by Gasteiger charge is 2.09. The van der Waals surface area contributed by atoms with Crippen molar-refractivity contribution in [3.63, 3.8) is 0 Å². The van der Waals surface area contributed by atoms with Crippen LogP contribution in [0.1, 0.15) is 0 Å². The van der Waals surface area contributed by atoms with Gasteiger partial charge >= 0.3 is 7.12 Å². The number of anilines is 1. The number of ether oxygens (including phenoxy) is 1. The molecule has 124 valence electrons. The second kappa shape index (κ2) is 8.53. The fraction of sp³-hybridized carbons (Fsp3) is 0.125. The van der Waals surface area contributed by atoms with Gasteiger partial charge in [-0.1, -0.05) is 18.2 Å². The summed E-state index contributed by atoms with van der Waals surface area (Å²) in [4.78, 5) is 9.11. The summed E-state index contributed by atoms with van der Waals surface area (Å²) in [5.41, 5.74) is 6.95. The molecule has 3 aromatic rings. The molecule has 0 amide bonds. The number of thioether (sulfide) groups is 1. The van der Waals surface area contributed by atoms with Gasteiger partial charge < -0.3 is 20.5 Å². The highest BCUT2D eigenvalue weighted by Crippen LogP contribution is 2.25. The van der Waals surface area contributed by atoms with Crippen LogP contribution in [0.5, 0.6) is 5.75 Å². The van der Waals surface area contributed by atoms with E-state index in [0.29, 0.717) is 17.0 Å². The van der Waals surface area contributed by atoms with Crippen LogP contribution in [0.3, 0.4) is 0 Å². The standard InChI is InChI=1S/C9H9N3O.C7H9BO2S/c1-13-7-4-2-3-6-8(7)11-5-12-9(6)10;1-11-7-4-2-6(3-5-7)8(9)10/h2-5H,1H3,(H2,10,11,12);2-5,9-10H,1H3. The zero-order chi connectivity index (χ0) is 17.5. The van der Waals surface area contributed by atoms with Gasteiger partial charge in [0.2, 0.25) is 0 Å². The third-order valence-corrected chi connectivity index (χ3v) is 4.04. The first-order chi connectivity index (χ1) is 11.6. The van der Waals surface area contributed by atoms with Crippen molar-refractivity contribution in [3.05, 3.63) is 48.8 Å². The minimum atomic E-state index is -1.36. The molecule has 0 atom stereocenters. The van der Waals surface area contributed by atoms with Gasteiger partial charge in [-0.3, -0.25) is 0 Å². The van der Waals surface area contributed by atoms with Gasteiger partial charge in [-0.25, -0.2) is 9.97 Å². The van der Waals surface area contributed by atoms with Crippen molar-refractivity contribution in [2.24, 2.45) is 0 Å². The van der Waals surface area contributed by atoms with Crippen molar-refractivity contribution in [2.75, 3.05) is 19.1 Å². The Balaban J connectivity index is 0.000000177. The SMILES string of the molecule is COc1cccc2c(N)ncnc12.CSc1ccc(B(O)O)cc1. The lowest BCUT2D eigenvalue weighted by atomic mass is 9.81. The van der Waals surface area contributed by atoms with Crippen molar-refractivity contribution < 1.29 is 14.8 Å². The van der Waals surface area contributed by atoms with E-state index >= 15 is 0 Å². The van der Waals surface area contributed by atoms with Crippen LogP contribution in [0.2, 0.25) is 0 Å². The van der Waals surface area contributed by atoms with Gasteiger partial charge in [-0.05, 0) is 36.0 Å². The van der Waals surface area contributed by atoms with Gasteiger partial charge in [0.15, 0.2) is 0 Å². The van der Waals surface area contributed by atoms with Gasteiger partial charge in [0.05, 0.1) is 7.11 Å². The molecule has 0 aliphatic heterocycles. The van der Waals surface area contributed by atoms with Crippen molar-refractivity contribution in [2.45, 2.75) is 4.90 Å². The Labute approximate surface area is 144 Å². The molecule has 0 spiro atoms. The molecule has 1 heterocycles. The van der Waals surface area contributed by atoms with Crippen LogP contribution in [0.25, 0.3) is 10.9 Å². The van der Waals surface area contributed by atoms with E-state index in [1.54, 1.807) is 31.0 Å². The molecule has 0 aliphatic rings. The second-order valence-electron chi connectivity index (χ2n) is 4.76. The fourth-order valence-corrected chi connectivity index (χ4v) is 2.43. The molecule has 0 saturated heterocycles. The van der Waals surface area contributed by atoms with Crippen LogP contribution in [0.15, 0.2) is 53.7 Å². The second-order valence-corrected chi connectivity index (χ2v) is 5.64. The monoisotopic (exact) mass is 343 g/mol. The number of aromatic nitrogens is 2. The minimum Gasteiger partial charge on any atom is -0.494 e. The van der Waals surface area contributed by atoms with Crippen LogP contribution < -0.4 is 15.9 Å². The lowest BCUT2D eigenvalue weighted by molar-refractivity contribution is 0.419. The minimum absolute atomic E-state index is 0.476. The Morgan fingerprint density at radius 2 is 1.79 bits per heavy atom. The Morgan fingerprint density at radius 1 is 1.08 bits per heavy atom. The normalized spacial score (nSPS) is 10.0. The quantitative estimate of drug-likeness (QED) is 0.487. The molecule has 8 heteroatoms. The molecule has 0 fully saturated rings. The van der Waals surface area contributed by atoms with E-state index in [0.717, 1.165) is 15.8 Å². The first kappa shape index (κ1) is 18.1. The van der Waals surface area contributed by atoms with Gasteiger partial charge in [-0.2, -0.15) is 0 Å². The molecular weight excluding hydrogens is 325 g/mol. The maximum Gasteiger partial charge on any atom is 0.488 e. The fourth-order valence-electron chi connectivity index (χ4n) is 2.02. The molecule has 0 unspecified atom stereocenters. The van der Waals surface area contributed by atoms with Gasteiger partial charge in [0.25, 0.3) is 0 Å². The first-order valence-corrected chi connectivity index (χ1v) is 8.32. The number of nitrogens with two attached hydrogens (primary N) is 1. The Bertz CT molecular complexity index is 800. The maximum absolute atomic E-state index is 8.74. The summed E-state index contributed by atoms with van der Waals surface area (Å²) in [6.45, 7) is 0. The molecule has 3 rings (SSSR count). The molecule has 0 bridgehead atoms. The molecule has 0 radical (unpaired) electrons. The largest absolute Gasteiger partial charge is 0.494 e. The summed E-state index contributed by atoms with van der Waals surface area (Å²) in [6.07, 6.45) is 3.41. The zero-order valence-corrected chi connectivity index (χ0v) is 14.2. The summed E-state index contributed by atoms with van der Waals surface area (Å²) < 4.78 is 5.14. The molecule has 1 aromatic heterocycles. The number of hydrogen-bond acceptors (Lipinski definition) is 7. The smallest absolute Gasteiger partial charge is 0.488 e. The van der Waals surface area contributed by atoms with Gasteiger partial charge in [0.1, 0.15) is 23.4 Å². The van der Waals surface area contributed by atoms with Crippen molar-refractivity contribution in [1.29, 1.82) is 0 Å². The van der Waals surface area contributed by atoms with E-state index in [1.165, 1.54) is 6.33 Å². The zero-order valence-electron chi connectivity index (χ0n) is 13.4. The van der Waals surface area contributed by atoms with Crippen LogP contribution >= 0.6 is 11.8 Å². The number of fused-ring (bicyclic) bond motifs is 1. The number of methoxy groups -OCH3 is 1. The van der Waals surface area contributed by atoms with E-state index in [2.05, 4.69) is 9.97 Å². The Kier molecular flexibility index (Phi) is 6.42. The third kappa shape index (κ3) is 4.38. The summed E-state index contributed by atoms with van der Waals surface area (Å²) in [5, 5.41) is 18.3. The summed E-state index contributed by atoms with van der Waals surface area (Å²) in [6, 6.07) is 12.7. The van der Waals surface area contributed by atoms with Crippen LogP contribution in [-0.2, 0) is 0 Å². The summed E-state index contributed by atoms with van der Waals surface area (Å²) in [7, 11) is 0.249. The van der Waals surface area contributed by atoms with E-state index < -0.39 is 7.12 Å². The van der Waals surface area contributed by atoms with Crippen LogP contribution in [0, 0.1) is 0 Å². The van der Waals surface area contributed by atoms with Gasteiger partial charge in [-0.15, -0.1) is 11.8 Å². The lowest BCUT2D eigenvalue weighted by Gasteiger charge is -2.04. The topological polar surface area (TPSA) is 101 Å². The molecular formula is C16H18BN3O3S. The summed E-state index contributed by atoms with van der Waals surface area (Å²) in [5.74, 6) is 1.19. The molecule has 0 aliphatic carbocycles. The average Bonchev–Trinajstić information content (AvgIpc) is 2.62. The predicted octanol–water partition coefficient (Wildman–Crippen LogP) is 1.31. The molecule has 2 aromatic carbocycles. The summed E-state index contributed by atoms with van der Waals surface area (Å²) >= 11 is 1.63. The third-order valence-electron chi connectivity index (χ3n) is 3.29. The van der Waals surface area contributed by atoms with Crippen molar-refractivity contribution >= 4 is 41.1 Å². The molecule has 6 nitrogen and oxygen atoms in total. The number of para-hydroxylation sites is 1. The van der Waals surface area contributed by atoms with E-state index in [9.17, 15) is 0 Å². The number of nitrogen functional groups attached to an aromatic ring is 1. The van der Waals surface area contributed by atoms with E-state index in [1.807, 2.05) is 36.6 Å². The number of nitrogens with zero attached hydrogens (tertiary/aromatic N) is 2. The average molecular weight is 343 g/mol. The molecule has 0 saturated carbocycles. The maximum atomic E-state index is 8.74. The van der Waals surface area contributed by atoms with E-state index in [4.69, 9.17) is 20.5 Å². The molecule has 24 heavy (non-hydrogen) atoms. The van der Waals surface area contributed by atoms with Crippen LogP contribution in [-0.4, -0.2) is 40.5 Å². The predicted molar refractivity (Wildman–Crippen MR) is 98.6 cm³/mol. The molecule has 4 N–H and O–H groups in total. The van der Waals surface area contributed by atoms with E-state index in [-0.39, 0.29) is 0 Å². The highest BCUT2D eigenvalue weighted by atomic mass is 32.2. The Morgan fingerprint density at radius 3 is 2.38 bits per heavy atom. The lowest BCUT2D eigenvalue weighted by Crippen LogP contribution is -2.29. The van der Waals surface area contributed by atoms with Crippen molar-refractivity contribution in [1.82, 2.24) is 9.97 Å². The first-order valence-electron chi connectivity index (χ1n) is 7.10. The number of benzene rings is 2. The Hall–Kier alpha value is -2.29. The van der Waals surface area contributed by atoms with Crippen molar-refractivity contribution in [3.8, 4) is 5.75 Å². The number of rotatable bonds is 3. The highest BCUT2D eigenvalue weighted by molar-refractivity contribution is 7.98.